The molecule has 2 heterocycles. The van der Waals surface area contributed by atoms with Crippen LogP contribution in [0.25, 0.3) is 16.6 Å². The summed E-state index contributed by atoms with van der Waals surface area (Å²) in [4.78, 5) is 22.0. The Bertz CT molecular complexity index is 1250. The normalized spacial score (nSPS) is 11.6. The van der Waals surface area contributed by atoms with E-state index < -0.39 is 12.3 Å². The van der Waals surface area contributed by atoms with Crippen LogP contribution in [0, 0.1) is 6.92 Å². The fourth-order valence-corrected chi connectivity index (χ4v) is 3.73. The maximum absolute atomic E-state index is 12.6. The number of nitrogens with zero attached hydrogens (tertiary/aromatic N) is 3. The lowest BCUT2D eigenvalue weighted by Crippen LogP contribution is -2.29. The summed E-state index contributed by atoms with van der Waals surface area (Å²) in [6, 6.07) is 7.65. The zero-order valence-electron chi connectivity index (χ0n) is 19.1. The third-order valence-electron chi connectivity index (χ3n) is 5.08. The first-order valence-electron chi connectivity index (χ1n) is 10.4. The number of halogens is 3. The second kappa shape index (κ2) is 11.1. The molecule has 0 saturated carbocycles. The quantitative estimate of drug-likeness (QED) is 0.424. The van der Waals surface area contributed by atoms with Crippen molar-refractivity contribution < 1.29 is 18.3 Å². The molecule has 1 aromatic carbocycles. The molecule has 9 heteroatoms. The molecule has 0 saturated heterocycles. The van der Waals surface area contributed by atoms with Crippen molar-refractivity contribution in [3.05, 3.63) is 82.8 Å². The van der Waals surface area contributed by atoms with Crippen molar-refractivity contribution in [2.45, 2.75) is 26.5 Å². The van der Waals surface area contributed by atoms with Crippen molar-refractivity contribution in [1.82, 2.24) is 20.2 Å². The Labute approximate surface area is 201 Å². The summed E-state index contributed by atoms with van der Waals surface area (Å²) < 4.78 is 31.2. The number of pyridine rings is 2. The number of hydrogen-bond donors (Lipinski definition) is 1. The molecule has 0 radical (unpaired) electrons. The number of amides is 1. The minimum absolute atomic E-state index is 0.0361. The summed E-state index contributed by atoms with van der Waals surface area (Å²) in [7, 11) is 3.91. The number of ether oxygens (including phenoxy) is 1. The minimum Gasteiger partial charge on any atom is -0.487 e. The number of rotatable bonds is 9. The van der Waals surface area contributed by atoms with Crippen molar-refractivity contribution in [1.29, 1.82) is 0 Å². The number of hydrogen-bond acceptors (Lipinski definition) is 5. The van der Waals surface area contributed by atoms with E-state index in [9.17, 15) is 13.6 Å². The van der Waals surface area contributed by atoms with Crippen LogP contribution < -0.4 is 10.1 Å². The number of aromatic nitrogens is 2. The van der Waals surface area contributed by atoms with Crippen LogP contribution in [0.4, 0.5) is 8.78 Å². The smallest absolute Gasteiger partial charge is 0.315 e. The number of carbonyl (C=O) groups excluding carboxylic acids is 1. The maximum atomic E-state index is 12.6. The Hall–Kier alpha value is -3.52. The van der Waals surface area contributed by atoms with Crippen LogP contribution in [0.15, 0.2) is 55.4 Å². The van der Waals surface area contributed by atoms with Gasteiger partial charge in [0.2, 0.25) is 0 Å². The number of nitrogens with one attached hydrogen (secondary N) is 1. The van der Waals surface area contributed by atoms with Crippen LogP contribution in [0.5, 0.6) is 5.75 Å². The molecule has 2 aromatic heterocycles. The predicted octanol–water partition coefficient (Wildman–Crippen LogP) is 5.14. The molecule has 0 aliphatic carbocycles. The van der Waals surface area contributed by atoms with Gasteiger partial charge in [-0.05, 0) is 30.7 Å². The van der Waals surface area contributed by atoms with Gasteiger partial charge in [-0.1, -0.05) is 36.4 Å². The Kier molecular flexibility index (Phi) is 8.17. The van der Waals surface area contributed by atoms with E-state index in [0.29, 0.717) is 27.4 Å². The summed E-state index contributed by atoms with van der Waals surface area (Å²) in [5, 5.41) is 3.37. The highest BCUT2D eigenvalue weighted by Crippen LogP contribution is 2.32. The van der Waals surface area contributed by atoms with Crippen molar-refractivity contribution in [2.75, 3.05) is 14.1 Å². The van der Waals surface area contributed by atoms with Gasteiger partial charge < -0.3 is 15.0 Å². The molecule has 0 aliphatic heterocycles. The molecule has 34 heavy (non-hydrogen) atoms. The van der Waals surface area contributed by atoms with Crippen LogP contribution in [0.3, 0.4) is 0 Å². The third-order valence-corrected chi connectivity index (χ3v) is 5.41. The van der Waals surface area contributed by atoms with Gasteiger partial charge >= 0.3 is 6.43 Å². The van der Waals surface area contributed by atoms with Gasteiger partial charge in [0.1, 0.15) is 17.9 Å². The largest absolute Gasteiger partial charge is 0.487 e. The lowest BCUT2D eigenvalue weighted by molar-refractivity contribution is -0.131. The molecule has 0 atom stereocenters. The third kappa shape index (κ3) is 5.69. The number of alkyl halides is 2. The van der Waals surface area contributed by atoms with Crippen LogP contribution in [0.2, 0.25) is 5.02 Å². The van der Waals surface area contributed by atoms with Crippen molar-refractivity contribution in [3.8, 4) is 5.75 Å². The number of para-hydroxylation sites is 1. The number of carbonyl (C=O) groups is 1. The molecular formula is C25H25ClF2N4O2. The number of aryl methyl sites for hydroxylation is 1. The first-order valence-corrected chi connectivity index (χ1v) is 10.8. The maximum Gasteiger partial charge on any atom is 0.315 e. The topological polar surface area (TPSA) is 67.4 Å². The predicted molar refractivity (Wildman–Crippen MR) is 130 cm³/mol. The summed E-state index contributed by atoms with van der Waals surface area (Å²) >= 11 is 6.31. The average Bonchev–Trinajstić information content (AvgIpc) is 2.79. The highest BCUT2D eigenvalue weighted by atomic mass is 35.5. The molecule has 0 fully saturated rings. The van der Waals surface area contributed by atoms with E-state index in [1.807, 2.05) is 50.2 Å². The first kappa shape index (κ1) is 25.1. The zero-order chi connectivity index (χ0) is 24.8. The lowest BCUT2D eigenvalue weighted by Gasteiger charge is -2.20. The molecule has 3 aromatic rings. The van der Waals surface area contributed by atoms with Crippen molar-refractivity contribution in [3.63, 3.8) is 0 Å². The van der Waals surface area contributed by atoms with Crippen LogP contribution in [-0.2, 0) is 17.9 Å². The van der Waals surface area contributed by atoms with Gasteiger partial charge in [-0.25, -0.2) is 4.98 Å². The standard InChI is InChI=1S/C25H25ClF2N4O2/c1-5-7-21(32(3)4)18-10-15(2)31-23-17(18)8-6-9-22(23)34-14-19-16(11-29-13-20(19)26)12-30-25(33)24(27)28/h5-11,13,24H,1,12,14H2,2-4H3,(H,30,33)/b21-7-. The average molecular weight is 487 g/mol. The van der Waals surface area contributed by atoms with Gasteiger partial charge in [0, 0.05) is 60.9 Å². The highest BCUT2D eigenvalue weighted by molar-refractivity contribution is 6.31. The van der Waals surface area contributed by atoms with Gasteiger partial charge in [-0.3, -0.25) is 9.78 Å². The molecule has 0 aliphatic rings. The van der Waals surface area contributed by atoms with Gasteiger partial charge in [-0.2, -0.15) is 8.78 Å². The van der Waals surface area contributed by atoms with E-state index in [1.54, 1.807) is 12.1 Å². The molecule has 1 N–H and O–H groups in total. The fraction of sp³-hybridized carbons (Fsp3) is 0.240. The van der Waals surface area contributed by atoms with Crippen LogP contribution in [0.1, 0.15) is 22.4 Å². The SMILES string of the molecule is C=C/C=C(/c1cc(C)nc2c(OCc3c(Cl)cncc3CNC(=O)C(F)F)cccc12)N(C)C. The monoisotopic (exact) mass is 486 g/mol. The minimum atomic E-state index is -3.10. The molecule has 0 spiro atoms. The van der Waals surface area contributed by atoms with Crippen molar-refractivity contribution in [2.24, 2.45) is 0 Å². The second-order valence-corrected chi connectivity index (χ2v) is 8.12. The van der Waals surface area contributed by atoms with E-state index >= 15 is 0 Å². The lowest BCUT2D eigenvalue weighted by atomic mass is 10.0. The first-order chi connectivity index (χ1) is 16.2. The molecule has 1 amide bonds. The van der Waals surface area contributed by atoms with Crippen LogP contribution in [-0.4, -0.2) is 41.3 Å². The summed E-state index contributed by atoms with van der Waals surface area (Å²) in [6.07, 6.45) is 3.46. The Morgan fingerprint density at radius 3 is 2.76 bits per heavy atom. The van der Waals surface area contributed by atoms with E-state index in [1.165, 1.54) is 12.4 Å². The van der Waals surface area contributed by atoms with Gasteiger partial charge in [-0.15, -0.1) is 0 Å². The summed E-state index contributed by atoms with van der Waals surface area (Å²) in [5.74, 6) is -0.827. The van der Waals surface area contributed by atoms with E-state index in [-0.39, 0.29) is 13.2 Å². The molecular weight excluding hydrogens is 462 g/mol. The zero-order valence-corrected chi connectivity index (χ0v) is 19.9. The number of allylic oxidation sites excluding steroid dienone is 2. The van der Waals surface area contributed by atoms with Gasteiger partial charge in [0.05, 0.1) is 5.02 Å². The summed E-state index contributed by atoms with van der Waals surface area (Å²) in [6.45, 7) is 5.61. The van der Waals surface area contributed by atoms with Crippen LogP contribution >= 0.6 is 11.6 Å². The molecule has 3 rings (SSSR count). The summed E-state index contributed by atoms with van der Waals surface area (Å²) in [5.41, 5.74) is 4.46. The molecule has 0 bridgehead atoms. The van der Waals surface area contributed by atoms with E-state index in [4.69, 9.17) is 21.3 Å². The van der Waals surface area contributed by atoms with E-state index in [2.05, 4.69) is 16.9 Å². The Morgan fingerprint density at radius 1 is 1.32 bits per heavy atom. The van der Waals surface area contributed by atoms with Gasteiger partial charge in [0.15, 0.2) is 0 Å². The Morgan fingerprint density at radius 2 is 2.09 bits per heavy atom. The second-order valence-electron chi connectivity index (χ2n) is 7.71. The van der Waals surface area contributed by atoms with E-state index in [0.717, 1.165) is 22.3 Å². The fourth-order valence-electron chi connectivity index (χ4n) is 3.50. The molecule has 178 valence electrons. The van der Waals surface area contributed by atoms with Gasteiger partial charge in [0.25, 0.3) is 5.91 Å². The molecule has 0 unspecified atom stereocenters. The highest BCUT2D eigenvalue weighted by Gasteiger charge is 2.17. The number of fused-ring (bicyclic) bond motifs is 1. The Balaban J connectivity index is 1.96. The van der Waals surface area contributed by atoms with Crippen molar-refractivity contribution >= 4 is 34.1 Å². The number of benzene rings is 1. The molecule has 6 nitrogen and oxygen atoms in total.